The molecule has 138 valence electrons. The molecule has 0 saturated heterocycles. The Morgan fingerprint density at radius 1 is 1.27 bits per heavy atom. The zero-order chi connectivity index (χ0) is 18.8. The second-order valence-electron chi connectivity index (χ2n) is 6.83. The molecule has 2 heterocycles. The largest absolute Gasteiger partial charge is 0.331 e. The number of fused-ring (bicyclic) bond motifs is 1. The van der Waals surface area contributed by atoms with Gasteiger partial charge in [-0.1, -0.05) is 12.1 Å². The maximum atomic E-state index is 13.4. The first-order valence-corrected chi connectivity index (χ1v) is 9.65. The van der Waals surface area contributed by atoms with Crippen LogP contribution >= 0.6 is 11.3 Å². The van der Waals surface area contributed by atoms with Crippen molar-refractivity contribution in [1.82, 2.24) is 9.80 Å². The van der Waals surface area contributed by atoms with Gasteiger partial charge in [-0.3, -0.25) is 9.59 Å². The molecule has 4 nitrogen and oxygen atoms in total. The van der Waals surface area contributed by atoms with E-state index in [0.29, 0.717) is 6.54 Å². The minimum atomic E-state index is -0.296. The summed E-state index contributed by atoms with van der Waals surface area (Å²) in [5.41, 5.74) is 1.98. The van der Waals surface area contributed by atoms with E-state index in [-0.39, 0.29) is 36.3 Å². The predicted molar refractivity (Wildman–Crippen MR) is 101 cm³/mol. The Balaban J connectivity index is 1.93. The van der Waals surface area contributed by atoms with Gasteiger partial charge in [-0.05, 0) is 55.0 Å². The molecule has 0 spiro atoms. The fourth-order valence-electron chi connectivity index (χ4n) is 3.48. The summed E-state index contributed by atoms with van der Waals surface area (Å²) in [6.45, 7) is 5.94. The molecule has 0 fully saturated rings. The van der Waals surface area contributed by atoms with Crippen LogP contribution in [0.1, 0.15) is 42.8 Å². The van der Waals surface area contributed by atoms with Crippen LogP contribution in [0, 0.1) is 5.82 Å². The topological polar surface area (TPSA) is 40.6 Å². The molecular weight excluding hydrogens is 351 g/mol. The van der Waals surface area contributed by atoms with Gasteiger partial charge < -0.3 is 9.80 Å². The first-order valence-electron chi connectivity index (χ1n) is 8.77. The molecule has 26 heavy (non-hydrogen) atoms. The molecule has 1 aliphatic rings. The summed E-state index contributed by atoms with van der Waals surface area (Å²) < 4.78 is 13.4. The van der Waals surface area contributed by atoms with Gasteiger partial charge in [0.25, 0.3) is 0 Å². The molecule has 0 unspecified atom stereocenters. The van der Waals surface area contributed by atoms with Crippen LogP contribution in [0.25, 0.3) is 0 Å². The first kappa shape index (κ1) is 18.6. The van der Waals surface area contributed by atoms with Crippen LogP contribution in [0.3, 0.4) is 0 Å². The Kier molecular flexibility index (Phi) is 5.41. The van der Waals surface area contributed by atoms with E-state index in [1.165, 1.54) is 23.9 Å². The van der Waals surface area contributed by atoms with Crippen molar-refractivity contribution in [2.75, 3.05) is 13.1 Å². The third-order valence-corrected chi connectivity index (χ3v) is 5.80. The van der Waals surface area contributed by atoms with Crippen molar-refractivity contribution in [3.63, 3.8) is 0 Å². The number of amides is 2. The van der Waals surface area contributed by atoms with Gasteiger partial charge >= 0.3 is 0 Å². The minimum Gasteiger partial charge on any atom is -0.331 e. The highest BCUT2D eigenvalue weighted by atomic mass is 32.1. The van der Waals surface area contributed by atoms with Crippen molar-refractivity contribution in [1.29, 1.82) is 0 Å². The molecule has 2 amide bonds. The first-order chi connectivity index (χ1) is 12.4. The van der Waals surface area contributed by atoms with E-state index < -0.39 is 0 Å². The molecule has 1 aromatic heterocycles. The van der Waals surface area contributed by atoms with E-state index >= 15 is 0 Å². The Labute approximate surface area is 157 Å². The summed E-state index contributed by atoms with van der Waals surface area (Å²) in [6, 6.07) is 8.08. The Morgan fingerprint density at radius 3 is 2.58 bits per heavy atom. The minimum absolute atomic E-state index is 0.0396. The van der Waals surface area contributed by atoms with Crippen molar-refractivity contribution in [2.45, 2.75) is 39.3 Å². The third-order valence-electron chi connectivity index (χ3n) is 4.81. The lowest BCUT2D eigenvalue weighted by Gasteiger charge is -2.38. The normalized spacial score (nSPS) is 16.5. The molecule has 0 saturated carbocycles. The molecule has 1 aliphatic heterocycles. The monoisotopic (exact) mass is 374 g/mol. The lowest BCUT2D eigenvalue weighted by Crippen LogP contribution is -2.48. The van der Waals surface area contributed by atoms with Gasteiger partial charge in [-0.15, -0.1) is 11.3 Å². The molecule has 0 bridgehead atoms. The number of halogens is 1. The van der Waals surface area contributed by atoms with Crippen LogP contribution in [0.2, 0.25) is 0 Å². The lowest BCUT2D eigenvalue weighted by atomic mass is 9.93. The van der Waals surface area contributed by atoms with Gasteiger partial charge in [0.2, 0.25) is 11.8 Å². The average Bonchev–Trinajstić information content (AvgIpc) is 3.07. The summed E-state index contributed by atoms with van der Waals surface area (Å²) in [7, 11) is 0. The summed E-state index contributed by atoms with van der Waals surface area (Å²) in [5, 5.41) is 2.03. The quantitative estimate of drug-likeness (QED) is 0.820. The van der Waals surface area contributed by atoms with Crippen LogP contribution < -0.4 is 0 Å². The van der Waals surface area contributed by atoms with Crippen LogP contribution in [-0.2, 0) is 16.0 Å². The number of hydrogen-bond acceptors (Lipinski definition) is 3. The smallest absolute Gasteiger partial charge is 0.243 e. The van der Waals surface area contributed by atoms with E-state index in [9.17, 15) is 14.0 Å². The van der Waals surface area contributed by atoms with Crippen LogP contribution in [0.15, 0.2) is 35.7 Å². The lowest BCUT2D eigenvalue weighted by molar-refractivity contribution is -0.142. The molecule has 1 aromatic carbocycles. The van der Waals surface area contributed by atoms with Crippen molar-refractivity contribution >= 4 is 23.2 Å². The van der Waals surface area contributed by atoms with Gasteiger partial charge in [0, 0.05) is 24.4 Å². The molecule has 1 atom stereocenters. The van der Waals surface area contributed by atoms with Crippen LogP contribution in [-0.4, -0.2) is 40.7 Å². The summed E-state index contributed by atoms with van der Waals surface area (Å²) >= 11 is 1.69. The molecule has 3 rings (SSSR count). The van der Waals surface area contributed by atoms with E-state index in [0.717, 1.165) is 17.5 Å². The van der Waals surface area contributed by atoms with E-state index in [4.69, 9.17) is 0 Å². The maximum Gasteiger partial charge on any atom is 0.243 e. The zero-order valence-corrected chi connectivity index (χ0v) is 16.1. The van der Waals surface area contributed by atoms with Gasteiger partial charge in [0.05, 0.1) is 12.6 Å². The molecule has 6 heteroatoms. The van der Waals surface area contributed by atoms with Crippen LogP contribution in [0.4, 0.5) is 4.39 Å². The molecule has 0 N–H and O–H groups in total. The second-order valence-corrected chi connectivity index (χ2v) is 7.83. The highest BCUT2D eigenvalue weighted by molar-refractivity contribution is 7.10. The van der Waals surface area contributed by atoms with Crippen molar-refractivity contribution < 1.29 is 14.0 Å². The number of benzene rings is 1. The fraction of sp³-hybridized carbons (Fsp3) is 0.400. The average molecular weight is 374 g/mol. The zero-order valence-electron chi connectivity index (χ0n) is 15.2. The number of nitrogens with zero attached hydrogens (tertiary/aromatic N) is 2. The van der Waals surface area contributed by atoms with E-state index in [1.54, 1.807) is 28.4 Å². The number of thiophene rings is 1. The second kappa shape index (κ2) is 7.58. The van der Waals surface area contributed by atoms with Crippen molar-refractivity contribution in [2.24, 2.45) is 0 Å². The summed E-state index contributed by atoms with van der Waals surface area (Å²) in [4.78, 5) is 29.6. The predicted octanol–water partition coefficient (Wildman–Crippen LogP) is 3.62. The number of carbonyl (C=O) groups is 2. The Morgan fingerprint density at radius 2 is 1.96 bits per heavy atom. The third kappa shape index (κ3) is 3.65. The SMILES string of the molecule is CC(=O)N(CC(=O)N1CCc2sccc2[C@@H]1c1ccc(F)cc1)C(C)C. The fourth-order valence-corrected chi connectivity index (χ4v) is 4.39. The van der Waals surface area contributed by atoms with Gasteiger partial charge in [0.1, 0.15) is 5.82 Å². The molecule has 2 aromatic rings. The molecule has 0 radical (unpaired) electrons. The van der Waals surface area contributed by atoms with Gasteiger partial charge in [0.15, 0.2) is 0 Å². The Hall–Kier alpha value is -2.21. The maximum absolute atomic E-state index is 13.4. The standard InChI is InChI=1S/C20H23FN2O2S/c1-13(2)23(14(3)24)12-19(25)22-10-8-18-17(9-11-26-18)20(22)15-4-6-16(21)7-5-15/h4-7,9,11,13,20H,8,10,12H2,1-3H3/t20-/m0/s1. The molecular formula is C20H23FN2O2S. The summed E-state index contributed by atoms with van der Waals surface area (Å²) in [6.07, 6.45) is 0.804. The van der Waals surface area contributed by atoms with Gasteiger partial charge in [-0.25, -0.2) is 4.39 Å². The van der Waals surface area contributed by atoms with Crippen LogP contribution in [0.5, 0.6) is 0 Å². The van der Waals surface area contributed by atoms with E-state index in [1.807, 2.05) is 30.2 Å². The van der Waals surface area contributed by atoms with Crippen molar-refractivity contribution in [3.8, 4) is 0 Å². The summed E-state index contributed by atoms with van der Waals surface area (Å²) in [5.74, 6) is -0.490. The number of hydrogen-bond donors (Lipinski definition) is 0. The van der Waals surface area contributed by atoms with Crippen molar-refractivity contribution in [3.05, 3.63) is 57.5 Å². The Bertz CT molecular complexity index is 800. The van der Waals surface area contributed by atoms with Gasteiger partial charge in [-0.2, -0.15) is 0 Å². The molecule has 0 aliphatic carbocycles. The highest BCUT2D eigenvalue weighted by Crippen LogP contribution is 2.37. The van der Waals surface area contributed by atoms with E-state index in [2.05, 4.69) is 0 Å². The highest BCUT2D eigenvalue weighted by Gasteiger charge is 2.33. The number of carbonyl (C=O) groups excluding carboxylic acids is 2. The number of rotatable bonds is 4.